The van der Waals surface area contributed by atoms with E-state index in [1.54, 1.807) is 7.11 Å². The Balaban J connectivity index is 2.75. The van der Waals surface area contributed by atoms with Gasteiger partial charge in [-0.1, -0.05) is 0 Å². The van der Waals surface area contributed by atoms with Gasteiger partial charge in [-0.25, -0.2) is 9.97 Å². The van der Waals surface area contributed by atoms with Crippen LogP contribution in [0.3, 0.4) is 0 Å². The monoisotopic (exact) mass is 226 g/mol. The third kappa shape index (κ3) is 1.52. The SMILES string of the molecule is CCn1c(CCl)nc2c(OC)ncnc21. The van der Waals surface area contributed by atoms with Gasteiger partial charge in [0.25, 0.3) is 0 Å². The van der Waals surface area contributed by atoms with Gasteiger partial charge in [0, 0.05) is 6.54 Å². The van der Waals surface area contributed by atoms with Gasteiger partial charge < -0.3 is 9.30 Å². The van der Waals surface area contributed by atoms with Crippen LogP contribution in [0, 0.1) is 0 Å². The average molecular weight is 227 g/mol. The molecule has 15 heavy (non-hydrogen) atoms. The standard InChI is InChI=1S/C9H11ClN4O/c1-3-14-6(4-10)13-7-8(14)11-5-12-9(7)15-2/h5H,3-4H2,1-2H3. The summed E-state index contributed by atoms with van der Waals surface area (Å²) in [5.74, 6) is 1.62. The van der Waals surface area contributed by atoms with Crippen molar-refractivity contribution in [2.45, 2.75) is 19.3 Å². The number of alkyl halides is 1. The van der Waals surface area contributed by atoms with Crippen molar-refractivity contribution in [1.82, 2.24) is 19.5 Å². The van der Waals surface area contributed by atoms with Crippen LogP contribution >= 0.6 is 11.6 Å². The molecular formula is C9H11ClN4O. The van der Waals surface area contributed by atoms with Crippen LogP contribution in [-0.2, 0) is 12.4 Å². The first-order valence-electron chi connectivity index (χ1n) is 4.61. The number of halogens is 1. The molecule has 80 valence electrons. The van der Waals surface area contributed by atoms with Crippen LogP contribution in [0.15, 0.2) is 6.33 Å². The molecule has 0 bridgehead atoms. The summed E-state index contributed by atoms with van der Waals surface area (Å²) in [6, 6.07) is 0. The Bertz CT molecular complexity index is 482. The first kappa shape index (κ1) is 10.2. The molecule has 0 aliphatic rings. The molecule has 0 atom stereocenters. The van der Waals surface area contributed by atoms with Gasteiger partial charge in [0.1, 0.15) is 12.2 Å². The van der Waals surface area contributed by atoms with Crippen LogP contribution < -0.4 is 4.74 Å². The van der Waals surface area contributed by atoms with Crippen molar-refractivity contribution >= 4 is 22.8 Å². The van der Waals surface area contributed by atoms with E-state index >= 15 is 0 Å². The highest BCUT2D eigenvalue weighted by Gasteiger charge is 2.14. The van der Waals surface area contributed by atoms with Crippen LogP contribution in [-0.4, -0.2) is 26.6 Å². The molecule has 0 fully saturated rings. The fourth-order valence-electron chi connectivity index (χ4n) is 1.54. The number of hydrogen-bond acceptors (Lipinski definition) is 4. The summed E-state index contributed by atoms with van der Waals surface area (Å²) in [4.78, 5) is 12.5. The van der Waals surface area contributed by atoms with Gasteiger partial charge in [0.05, 0.1) is 13.0 Å². The topological polar surface area (TPSA) is 52.8 Å². The molecule has 0 aliphatic carbocycles. The quantitative estimate of drug-likeness (QED) is 0.746. The lowest BCUT2D eigenvalue weighted by atomic mass is 10.5. The van der Waals surface area contributed by atoms with Crippen molar-refractivity contribution in [2.24, 2.45) is 0 Å². The molecule has 2 rings (SSSR count). The molecule has 0 saturated heterocycles. The second-order valence-corrected chi connectivity index (χ2v) is 3.23. The van der Waals surface area contributed by atoms with E-state index in [1.165, 1.54) is 6.33 Å². The first-order chi connectivity index (χ1) is 7.31. The van der Waals surface area contributed by atoms with Crippen LogP contribution in [0.1, 0.15) is 12.7 Å². The van der Waals surface area contributed by atoms with Gasteiger partial charge in [0.2, 0.25) is 5.88 Å². The van der Waals surface area contributed by atoms with Gasteiger partial charge >= 0.3 is 0 Å². The summed E-state index contributed by atoms with van der Waals surface area (Å²) in [6.45, 7) is 2.80. The molecule has 2 aromatic heterocycles. The van der Waals surface area contributed by atoms with Crippen molar-refractivity contribution in [2.75, 3.05) is 7.11 Å². The third-order valence-corrected chi connectivity index (χ3v) is 2.45. The molecule has 5 nitrogen and oxygen atoms in total. The van der Waals surface area contributed by atoms with Gasteiger partial charge in [-0.15, -0.1) is 11.6 Å². The summed E-state index contributed by atoms with van der Waals surface area (Å²) in [7, 11) is 1.56. The van der Waals surface area contributed by atoms with Gasteiger partial charge in [-0.05, 0) is 6.92 Å². The van der Waals surface area contributed by atoms with Crippen LogP contribution in [0.4, 0.5) is 0 Å². The number of rotatable bonds is 3. The number of methoxy groups -OCH3 is 1. The molecule has 0 aliphatic heterocycles. The minimum absolute atomic E-state index is 0.355. The zero-order valence-corrected chi connectivity index (χ0v) is 9.32. The van der Waals surface area contributed by atoms with Crippen LogP contribution in [0.2, 0.25) is 0 Å². The Hall–Kier alpha value is -1.36. The molecule has 0 aromatic carbocycles. The highest BCUT2D eigenvalue weighted by atomic mass is 35.5. The Morgan fingerprint density at radius 3 is 2.87 bits per heavy atom. The maximum absolute atomic E-state index is 5.81. The molecule has 0 spiro atoms. The zero-order chi connectivity index (χ0) is 10.8. The number of nitrogens with zero attached hydrogens (tertiary/aromatic N) is 4. The van der Waals surface area contributed by atoms with Crippen molar-refractivity contribution in [3.05, 3.63) is 12.2 Å². The predicted octanol–water partition coefficient (Wildman–Crippen LogP) is 1.59. The maximum Gasteiger partial charge on any atom is 0.245 e. The minimum Gasteiger partial charge on any atom is -0.479 e. The Kier molecular flexibility index (Phi) is 2.73. The molecule has 0 saturated carbocycles. The molecular weight excluding hydrogens is 216 g/mol. The lowest BCUT2D eigenvalue weighted by Gasteiger charge is -2.01. The summed E-state index contributed by atoms with van der Waals surface area (Å²) >= 11 is 5.81. The Labute approximate surface area is 92.1 Å². The maximum atomic E-state index is 5.81. The number of fused-ring (bicyclic) bond motifs is 1. The van der Waals surface area contributed by atoms with E-state index in [-0.39, 0.29) is 0 Å². The van der Waals surface area contributed by atoms with Crippen molar-refractivity contribution in [3.8, 4) is 5.88 Å². The van der Waals surface area contributed by atoms with E-state index in [2.05, 4.69) is 15.0 Å². The number of ether oxygens (including phenoxy) is 1. The second-order valence-electron chi connectivity index (χ2n) is 2.96. The lowest BCUT2D eigenvalue weighted by Crippen LogP contribution is -2.00. The molecule has 2 heterocycles. The highest BCUT2D eigenvalue weighted by Crippen LogP contribution is 2.22. The molecule has 2 aromatic rings. The summed E-state index contributed by atoms with van der Waals surface area (Å²) < 4.78 is 7.07. The zero-order valence-electron chi connectivity index (χ0n) is 8.57. The van der Waals surface area contributed by atoms with E-state index in [4.69, 9.17) is 16.3 Å². The van der Waals surface area contributed by atoms with E-state index in [9.17, 15) is 0 Å². The summed E-state index contributed by atoms with van der Waals surface area (Å²) in [6.07, 6.45) is 1.47. The third-order valence-electron chi connectivity index (χ3n) is 2.21. The minimum atomic E-state index is 0.355. The fourth-order valence-corrected chi connectivity index (χ4v) is 1.75. The van der Waals surface area contributed by atoms with Gasteiger partial charge in [-0.3, -0.25) is 0 Å². The Morgan fingerprint density at radius 1 is 1.47 bits per heavy atom. The number of aryl methyl sites for hydroxylation is 1. The lowest BCUT2D eigenvalue weighted by molar-refractivity contribution is 0.401. The van der Waals surface area contributed by atoms with Crippen molar-refractivity contribution < 1.29 is 4.74 Å². The Morgan fingerprint density at radius 2 is 2.27 bits per heavy atom. The van der Waals surface area contributed by atoms with E-state index in [1.807, 2.05) is 11.5 Å². The highest BCUT2D eigenvalue weighted by molar-refractivity contribution is 6.16. The second kappa shape index (κ2) is 4.02. The number of imidazole rings is 1. The molecule has 0 amide bonds. The van der Waals surface area contributed by atoms with Crippen LogP contribution in [0.25, 0.3) is 11.2 Å². The fraction of sp³-hybridized carbons (Fsp3) is 0.444. The van der Waals surface area contributed by atoms with Crippen LogP contribution in [0.5, 0.6) is 5.88 Å². The van der Waals surface area contributed by atoms with Gasteiger partial charge in [0.15, 0.2) is 11.2 Å². The van der Waals surface area contributed by atoms with Crippen molar-refractivity contribution in [3.63, 3.8) is 0 Å². The molecule has 6 heteroatoms. The molecule has 0 N–H and O–H groups in total. The summed E-state index contributed by atoms with van der Waals surface area (Å²) in [5, 5.41) is 0. The first-order valence-corrected chi connectivity index (χ1v) is 5.15. The normalized spacial score (nSPS) is 10.9. The molecule has 0 radical (unpaired) electrons. The summed E-state index contributed by atoms with van der Waals surface area (Å²) in [5.41, 5.74) is 1.43. The van der Waals surface area contributed by atoms with Gasteiger partial charge in [-0.2, -0.15) is 4.98 Å². The predicted molar refractivity (Wildman–Crippen MR) is 57.1 cm³/mol. The van der Waals surface area contributed by atoms with E-state index in [0.717, 1.165) is 18.0 Å². The largest absolute Gasteiger partial charge is 0.479 e. The van der Waals surface area contributed by atoms with E-state index in [0.29, 0.717) is 17.3 Å². The van der Waals surface area contributed by atoms with E-state index < -0.39 is 0 Å². The van der Waals surface area contributed by atoms with Crippen molar-refractivity contribution in [1.29, 1.82) is 0 Å². The number of hydrogen-bond donors (Lipinski definition) is 0. The number of aromatic nitrogens is 4. The average Bonchev–Trinajstić information content (AvgIpc) is 2.66. The smallest absolute Gasteiger partial charge is 0.245 e. The molecule has 0 unspecified atom stereocenters.